The number of allylic oxidation sites excluding steroid dienone is 1. The van der Waals surface area contributed by atoms with E-state index in [1.165, 1.54) is 47.8 Å². The summed E-state index contributed by atoms with van der Waals surface area (Å²) in [5, 5.41) is 5.87. The van der Waals surface area contributed by atoms with Crippen LogP contribution in [0.25, 0.3) is 87.0 Å². The summed E-state index contributed by atoms with van der Waals surface area (Å²) in [6.45, 7) is 8.61. The van der Waals surface area contributed by atoms with Gasteiger partial charge in [-0.05, 0) is 95.8 Å². The predicted octanol–water partition coefficient (Wildman–Crippen LogP) is 16.0. The first-order valence-electron chi connectivity index (χ1n) is 22.3. The molecule has 316 valence electrons. The molecule has 0 saturated heterocycles. The van der Waals surface area contributed by atoms with Gasteiger partial charge in [0.25, 0.3) is 0 Å². The van der Waals surface area contributed by atoms with Gasteiger partial charge in [0.15, 0.2) is 5.84 Å². The molecule has 0 unspecified atom stereocenters. The molecule has 0 aliphatic carbocycles. The maximum atomic E-state index is 6.92. The second kappa shape index (κ2) is 17.8. The molecule has 0 aliphatic rings. The molecular formula is C59H48N4OS. The van der Waals surface area contributed by atoms with Crippen molar-refractivity contribution in [3.63, 3.8) is 0 Å². The predicted molar refractivity (Wildman–Crippen MR) is 279 cm³/mol. The number of rotatable bonds is 8. The van der Waals surface area contributed by atoms with Gasteiger partial charge >= 0.3 is 0 Å². The van der Waals surface area contributed by atoms with Crippen molar-refractivity contribution in [3.8, 4) is 27.9 Å². The van der Waals surface area contributed by atoms with E-state index in [9.17, 15) is 0 Å². The average Bonchev–Trinajstić information content (AvgIpc) is 4.03. The van der Waals surface area contributed by atoms with Crippen molar-refractivity contribution in [2.75, 3.05) is 0 Å². The molecular weight excluding hydrogens is 813 g/mol. The number of hydrogen-bond donors (Lipinski definition) is 1. The lowest BCUT2D eigenvalue weighted by Gasteiger charge is -2.12. The highest BCUT2D eigenvalue weighted by Crippen LogP contribution is 2.45. The Morgan fingerprint density at radius 2 is 1.34 bits per heavy atom. The minimum absolute atomic E-state index is 0.381. The summed E-state index contributed by atoms with van der Waals surface area (Å²) in [7, 11) is 0. The Kier molecular flexibility index (Phi) is 11.3. The summed E-state index contributed by atoms with van der Waals surface area (Å²) in [5.74, 6) is 0.953. The smallest absolute Gasteiger partial charge is 0.157 e. The number of benzene rings is 8. The number of para-hydroxylation sites is 1. The van der Waals surface area contributed by atoms with Crippen LogP contribution in [0.1, 0.15) is 48.7 Å². The van der Waals surface area contributed by atoms with Crippen molar-refractivity contribution < 1.29 is 4.42 Å². The largest absolute Gasteiger partial charge is 0.456 e. The Balaban J connectivity index is 0.00000246. The van der Waals surface area contributed by atoms with Crippen molar-refractivity contribution in [2.24, 2.45) is 15.7 Å². The fourth-order valence-electron chi connectivity index (χ4n) is 9.11. The Labute approximate surface area is 383 Å². The van der Waals surface area contributed by atoms with Crippen molar-refractivity contribution in [2.45, 2.75) is 34.2 Å². The zero-order valence-corrected chi connectivity index (χ0v) is 37.7. The maximum Gasteiger partial charge on any atom is 0.157 e. The number of thiophene rings is 1. The molecule has 0 fully saturated rings. The van der Waals surface area contributed by atoms with Crippen molar-refractivity contribution in [1.82, 2.24) is 4.57 Å². The Morgan fingerprint density at radius 1 is 0.631 bits per heavy atom. The molecule has 2 N–H and O–H groups in total. The topological polar surface area (TPSA) is 68.8 Å². The number of hydrogen-bond acceptors (Lipinski definition) is 3. The van der Waals surface area contributed by atoms with Gasteiger partial charge in [0.1, 0.15) is 17.0 Å². The van der Waals surface area contributed by atoms with Gasteiger partial charge in [-0.15, -0.1) is 11.3 Å². The van der Waals surface area contributed by atoms with Gasteiger partial charge in [-0.25, -0.2) is 4.99 Å². The average molecular weight is 861 g/mol. The number of fused-ring (bicyclic) bond motifs is 7. The van der Waals surface area contributed by atoms with Gasteiger partial charge in [0, 0.05) is 58.8 Å². The molecule has 3 aromatic heterocycles. The first-order chi connectivity index (χ1) is 32.0. The molecule has 5 nitrogen and oxygen atoms in total. The second-order valence-electron chi connectivity index (χ2n) is 15.8. The van der Waals surface area contributed by atoms with Crippen molar-refractivity contribution >= 4 is 82.1 Å². The molecule has 0 bridgehead atoms. The fourth-order valence-corrected chi connectivity index (χ4v) is 10.4. The third kappa shape index (κ3) is 7.52. The van der Waals surface area contributed by atoms with Gasteiger partial charge in [-0.3, -0.25) is 4.99 Å². The van der Waals surface area contributed by atoms with Crippen LogP contribution in [-0.2, 0) is 6.54 Å². The van der Waals surface area contributed by atoms with Crippen LogP contribution in [0.3, 0.4) is 0 Å². The van der Waals surface area contributed by atoms with E-state index in [-0.39, 0.29) is 0 Å². The Morgan fingerprint density at radius 3 is 2.17 bits per heavy atom. The summed E-state index contributed by atoms with van der Waals surface area (Å²) < 4.78 is 11.4. The molecule has 0 radical (unpaired) electrons. The third-order valence-corrected chi connectivity index (χ3v) is 13.3. The van der Waals surface area contributed by atoms with E-state index in [1.807, 2.05) is 79.8 Å². The van der Waals surface area contributed by atoms with E-state index in [2.05, 4.69) is 158 Å². The van der Waals surface area contributed by atoms with E-state index in [4.69, 9.17) is 20.1 Å². The second-order valence-corrected chi connectivity index (χ2v) is 16.9. The van der Waals surface area contributed by atoms with Crippen LogP contribution in [0.15, 0.2) is 202 Å². The summed E-state index contributed by atoms with van der Waals surface area (Å²) >= 11 is 1.86. The molecule has 65 heavy (non-hydrogen) atoms. The van der Waals surface area contributed by atoms with Gasteiger partial charge in [-0.2, -0.15) is 0 Å². The molecule has 6 heteroatoms. The molecule has 0 saturated carbocycles. The van der Waals surface area contributed by atoms with Crippen LogP contribution >= 0.6 is 11.3 Å². The number of nitrogens with zero attached hydrogens (tertiary/aromatic N) is 3. The lowest BCUT2D eigenvalue weighted by molar-refractivity contribution is 0.668. The standard InChI is InChI=1S/C57H42N4OS.C2H6/c1-3-16-48-36(2)43-24-10-11-28-49(43)61(48)42-23-12-21-40(33-42)56(58)60-57(38-19-8-5-9-20-38)59-35-41-22-13-29-51-53(41)47-34-39(31-32-50(47)62-51)44-25-15-30-52-54(44)46-27-14-26-45(55(46)63-52)37-17-6-4-7-18-37;1-2/h3-34H,35H2,1-2H3,(H2,58,59,60);1-2H3/b16-3-;. The van der Waals surface area contributed by atoms with E-state index in [0.29, 0.717) is 18.2 Å². The number of furan rings is 1. The monoisotopic (exact) mass is 860 g/mol. The fraction of sp³-hybridized carbons (Fsp3) is 0.0847. The third-order valence-electron chi connectivity index (χ3n) is 12.1. The van der Waals surface area contributed by atoms with E-state index >= 15 is 0 Å². The summed E-state index contributed by atoms with van der Waals surface area (Å²) in [5.41, 5.74) is 20.7. The SMILES string of the molecule is C/C=C\c1c(C)c2ccccc2n1-c1cccc(C(N)=NC(=NCc2cccc3oc4ccc(-c5cccc6sc7c(-c8ccccc8)cccc7c56)cc4c23)c2ccccc2)c1.CC. The summed E-state index contributed by atoms with van der Waals surface area (Å²) in [6, 6.07) is 63.6. The quantitative estimate of drug-likeness (QED) is 0.122. The van der Waals surface area contributed by atoms with Gasteiger partial charge in [0.05, 0.1) is 12.1 Å². The van der Waals surface area contributed by atoms with Crippen LogP contribution in [0, 0.1) is 6.92 Å². The molecule has 3 heterocycles. The summed E-state index contributed by atoms with van der Waals surface area (Å²) in [6.07, 6.45) is 4.25. The number of aryl methyl sites for hydroxylation is 1. The van der Waals surface area contributed by atoms with Crippen molar-refractivity contribution in [3.05, 3.63) is 216 Å². The van der Waals surface area contributed by atoms with Crippen molar-refractivity contribution in [1.29, 1.82) is 0 Å². The highest BCUT2D eigenvalue weighted by molar-refractivity contribution is 7.26. The zero-order valence-electron chi connectivity index (χ0n) is 36.9. The van der Waals surface area contributed by atoms with Gasteiger partial charge in [0.2, 0.25) is 0 Å². The van der Waals surface area contributed by atoms with Crippen LogP contribution in [0.2, 0.25) is 0 Å². The molecule has 8 aromatic carbocycles. The molecule has 11 rings (SSSR count). The number of nitrogens with two attached hydrogens (primary N) is 1. The van der Waals surface area contributed by atoms with Crippen LogP contribution in [-0.4, -0.2) is 16.2 Å². The van der Waals surface area contributed by atoms with E-state index < -0.39 is 0 Å². The first kappa shape index (κ1) is 41.2. The summed E-state index contributed by atoms with van der Waals surface area (Å²) in [4.78, 5) is 10.3. The van der Waals surface area contributed by atoms with E-state index in [1.54, 1.807) is 0 Å². The van der Waals surface area contributed by atoms with E-state index in [0.717, 1.165) is 61.1 Å². The van der Waals surface area contributed by atoms with Crippen LogP contribution < -0.4 is 5.73 Å². The number of aromatic nitrogens is 1. The highest BCUT2D eigenvalue weighted by atomic mass is 32.1. The lowest BCUT2D eigenvalue weighted by Crippen LogP contribution is -2.17. The normalized spacial score (nSPS) is 12.2. The van der Waals surface area contributed by atoms with Crippen LogP contribution in [0.5, 0.6) is 0 Å². The minimum atomic E-state index is 0.381. The van der Waals surface area contributed by atoms with Gasteiger partial charge < -0.3 is 14.7 Å². The number of amidine groups is 2. The Hall–Kier alpha value is -7.80. The zero-order chi connectivity index (χ0) is 44.4. The molecule has 0 amide bonds. The molecule has 0 aliphatic heterocycles. The number of aliphatic imine (C=N–C) groups is 2. The lowest BCUT2D eigenvalue weighted by atomic mass is 9.96. The highest BCUT2D eigenvalue weighted by Gasteiger charge is 2.18. The molecule has 0 spiro atoms. The van der Waals surface area contributed by atoms with Crippen LogP contribution in [0.4, 0.5) is 0 Å². The first-order valence-corrected chi connectivity index (χ1v) is 23.1. The van der Waals surface area contributed by atoms with Gasteiger partial charge in [-0.1, -0.05) is 159 Å². The molecule has 0 atom stereocenters. The Bertz CT molecular complexity index is 3630. The minimum Gasteiger partial charge on any atom is -0.456 e. The maximum absolute atomic E-state index is 6.92. The molecule has 11 aromatic rings.